The van der Waals surface area contributed by atoms with Crippen LogP contribution in [0.5, 0.6) is 0 Å². The van der Waals surface area contributed by atoms with Crippen molar-refractivity contribution in [1.82, 2.24) is 15.5 Å². The first-order chi connectivity index (χ1) is 9.91. The lowest BCUT2D eigenvalue weighted by molar-refractivity contribution is -0.132. The van der Waals surface area contributed by atoms with E-state index < -0.39 is 17.2 Å². The van der Waals surface area contributed by atoms with Gasteiger partial charge >= 0.3 is 0 Å². The zero-order valence-electron chi connectivity index (χ0n) is 12.4. The molecule has 0 unspecified atom stereocenters. The van der Waals surface area contributed by atoms with Crippen LogP contribution in [0.25, 0.3) is 0 Å². The van der Waals surface area contributed by atoms with Gasteiger partial charge in [0.1, 0.15) is 0 Å². The normalized spacial score (nSPS) is 16.8. The first kappa shape index (κ1) is 15.9. The van der Waals surface area contributed by atoms with Crippen molar-refractivity contribution in [3.63, 3.8) is 0 Å². The second-order valence-electron chi connectivity index (χ2n) is 5.73. The molecule has 1 saturated heterocycles. The van der Waals surface area contributed by atoms with E-state index in [1.165, 1.54) is 6.07 Å². The molecule has 2 rings (SSSR count). The number of nitrogens with zero attached hydrogens (tertiary/aromatic N) is 1. The Bertz CT molecular complexity index is 514. The summed E-state index contributed by atoms with van der Waals surface area (Å²) in [7, 11) is 0. The molecule has 0 atom stereocenters. The van der Waals surface area contributed by atoms with Gasteiger partial charge in [-0.15, -0.1) is 0 Å². The zero-order valence-corrected chi connectivity index (χ0v) is 12.4. The molecule has 2 N–H and O–H groups in total. The van der Waals surface area contributed by atoms with Crippen LogP contribution in [0.1, 0.15) is 19.4 Å². The van der Waals surface area contributed by atoms with Gasteiger partial charge in [0.25, 0.3) is 0 Å². The number of amides is 1. The van der Waals surface area contributed by atoms with Crippen LogP contribution < -0.4 is 10.6 Å². The summed E-state index contributed by atoms with van der Waals surface area (Å²) in [6, 6.07) is 3.64. The Balaban J connectivity index is 1.95. The molecule has 4 nitrogen and oxygen atoms in total. The predicted molar refractivity (Wildman–Crippen MR) is 76.7 cm³/mol. The molecule has 1 amide bonds. The number of hydrogen-bond acceptors (Lipinski definition) is 3. The Labute approximate surface area is 123 Å². The second-order valence-corrected chi connectivity index (χ2v) is 5.73. The maximum atomic E-state index is 13.1. The molecule has 1 aromatic carbocycles. The second kappa shape index (κ2) is 6.49. The third-order valence-electron chi connectivity index (χ3n) is 3.90. The van der Waals surface area contributed by atoms with Crippen LogP contribution >= 0.6 is 0 Å². The van der Waals surface area contributed by atoms with Crippen molar-refractivity contribution in [1.29, 1.82) is 0 Å². The highest BCUT2D eigenvalue weighted by Crippen LogP contribution is 2.16. The number of hydrogen-bond donors (Lipinski definition) is 2. The highest BCUT2D eigenvalue weighted by Gasteiger charge is 2.34. The van der Waals surface area contributed by atoms with Crippen LogP contribution in [0.15, 0.2) is 18.2 Å². The Morgan fingerprint density at radius 2 is 1.95 bits per heavy atom. The van der Waals surface area contributed by atoms with E-state index in [-0.39, 0.29) is 12.5 Å². The van der Waals surface area contributed by atoms with E-state index in [1.807, 2.05) is 13.8 Å². The lowest BCUT2D eigenvalue weighted by Gasteiger charge is -2.39. The van der Waals surface area contributed by atoms with E-state index in [4.69, 9.17) is 0 Å². The van der Waals surface area contributed by atoms with E-state index in [9.17, 15) is 13.6 Å². The minimum Gasteiger partial charge on any atom is -0.350 e. The molecule has 1 aromatic rings. The monoisotopic (exact) mass is 297 g/mol. The minimum absolute atomic E-state index is 0.117. The largest absolute Gasteiger partial charge is 0.350 e. The maximum Gasteiger partial charge on any atom is 0.240 e. The Hall–Kier alpha value is -1.53. The average molecular weight is 297 g/mol. The van der Waals surface area contributed by atoms with Crippen molar-refractivity contribution in [2.45, 2.75) is 25.9 Å². The molecule has 1 fully saturated rings. The van der Waals surface area contributed by atoms with E-state index in [0.717, 1.165) is 38.3 Å². The molecule has 116 valence electrons. The van der Waals surface area contributed by atoms with E-state index in [0.29, 0.717) is 5.56 Å². The van der Waals surface area contributed by atoms with Gasteiger partial charge in [-0.05, 0) is 31.5 Å². The smallest absolute Gasteiger partial charge is 0.240 e. The Morgan fingerprint density at radius 1 is 1.29 bits per heavy atom. The molecule has 0 saturated carbocycles. The fourth-order valence-electron chi connectivity index (χ4n) is 2.42. The van der Waals surface area contributed by atoms with E-state index >= 15 is 0 Å². The summed E-state index contributed by atoms with van der Waals surface area (Å²) in [4.78, 5) is 14.5. The summed E-state index contributed by atoms with van der Waals surface area (Å²) in [6.45, 7) is 7.28. The topological polar surface area (TPSA) is 44.4 Å². The number of nitrogens with one attached hydrogen (secondary N) is 2. The molecular weight excluding hydrogens is 276 g/mol. The van der Waals surface area contributed by atoms with Crippen LogP contribution in [-0.2, 0) is 11.3 Å². The van der Waals surface area contributed by atoms with Gasteiger partial charge in [-0.3, -0.25) is 9.69 Å². The Morgan fingerprint density at radius 3 is 2.57 bits per heavy atom. The maximum absolute atomic E-state index is 13.1. The van der Waals surface area contributed by atoms with Gasteiger partial charge in [-0.25, -0.2) is 8.78 Å². The molecule has 1 heterocycles. The highest BCUT2D eigenvalue weighted by atomic mass is 19.2. The standard InChI is InChI=1S/C15H21F2N3O/c1-15(2,20-7-5-18-6-8-20)14(21)19-10-11-3-4-12(16)13(17)9-11/h3-4,9,18H,5-8,10H2,1-2H3,(H,19,21). The number of benzene rings is 1. The summed E-state index contributed by atoms with van der Waals surface area (Å²) in [5.74, 6) is -1.90. The van der Waals surface area contributed by atoms with Crippen LogP contribution in [0.4, 0.5) is 8.78 Å². The average Bonchev–Trinajstić information content (AvgIpc) is 2.49. The summed E-state index contributed by atoms with van der Waals surface area (Å²) in [5.41, 5.74) is -0.0842. The van der Waals surface area contributed by atoms with Crippen LogP contribution in [0, 0.1) is 11.6 Å². The molecule has 0 aliphatic carbocycles. The third-order valence-corrected chi connectivity index (χ3v) is 3.90. The molecule has 1 aliphatic heterocycles. The molecule has 0 spiro atoms. The highest BCUT2D eigenvalue weighted by molar-refractivity contribution is 5.85. The SMILES string of the molecule is CC(C)(C(=O)NCc1ccc(F)c(F)c1)N1CCNCC1. The summed E-state index contributed by atoms with van der Waals surface area (Å²) < 4.78 is 26.0. The third kappa shape index (κ3) is 3.77. The van der Waals surface area contributed by atoms with Gasteiger partial charge in [-0.1, -0.05) is 6.07 Å². The van der Waals surface area contributed by atoms with Crippen molar-refractivity contribution >= 4 is 5.91 Å². The zero-order chi connectivity index (χ0) is 15.5. The first-order valence-corrected chi connectivity index (χ1v) is 7.09. The molecule has 21 heavy (non-hydrogen) atoms. The lowest BCUT2D eigenvalue weighted by Crippen LogP contribution is -2.59. The summed E-state index contributed by atoms with van der Waals surface area (Å²) in [6.07, 6.45) is 0. The van der Waals surface area contributed by atoms with Gasteiger partial charge in [0, 0.05) is 32.7 Å². The number of carbonyl (C=O) groups is 1. The fourth-order valence-corrected chi connectivity index (χ4v) is 2.42. The number of rotatable bonds is 4. The van der Waals surface area contributed by atoms with Crippen LogP contribution in [0.3, 0.4) is 0 Å². The van der Waals surface area contributed by atoms with Crippen molar-refractivity contribution in [2.75, 3.05) is 26.2 Å². The van der Waals surface area contributed by atoms with Gasteiger partial charge in [0.05, 0.1) is 5.54 Å². The summed E-state index contributed by atoms with van der Waals surface area (Å²) in [5, 5.41) is 6.04. The van der Waals surface area contributed by atoms with Gasteiger partial charge < -0.3 is 10.6 Å². The van der Waals surface area contributed by atoms with E-state index in [2.05, 4.69) is 15.5 Å². The van der Waals surface area contributed by atoms with Crippen molar-refractivity contribution in [3.8, 4) is 0 Å². The lowest BCUT2D eigenvalue weighted by atomic mass is 10.0. The number of piperazine rings is 1. The molecule has 0 aromatic heterocycles. The summed E-state index contributed by atoms with van der Waals surface area (Å²) >= 11 is 0. The van der Waals surface area contributed by atoms with Crippen molar-refractivity contribution < 1.29 is 13.6 Å². The van der Waals surface area contributed by atoms with E-state index in [1.54, 1.807) is 0 Å². The molecule has 0 radical (unpaired) electrons. The van der Waals surface area contributed by atoms with Gasteiger partial charge in [0.2, 0.25) is 5.91 Å². The quantitative estimate of drug-likeness (QED) is 0.879. The van der Waals surface area contributed by atoms with Crippen LogP contribution in [0.2, 0.25) is 0 Å². The Kier molecular flexibility index (Phi) is 4.90. The molecular formula is C15H21F2N3O. The minimum atomic E-state index is -0.900. The van der Waals surface area contributed by atoms with Crippen molar-refractivity contribution in [2.24, 2.45) is 0 Å². The molecule has 0 bridgehead atoms. The number of halogens is 2. The van der Waals surface area contributed by atoms with Gasteiger partial charge in [-0.2, -0.15) is 0 Å². The number of carbonyl (C=O) groups excluding carboxylic acids is 1. The fraction of sp³-hybridized carbons (Fsp3) is 0.533. The van der Waals surface area contributed by atoms with Crippen molar-refractivity contribution in [3.05, 3.63) is 35.4 Å². The van der Waals surface area contributed by atoms with Crippen LogP contribution in [-0.4, -0.2) is 42.5 Å². The van der Waals surface area contributed by atoms with Gasteiger partial charge in [0.15, 0.2) is 11.6 Å². The first-order valence-electron chi connectivity index (χ1n) is 7.09. The predicted octanol–water partition coefficient (Wildman–Crippen LogP) is 1.26. The molecule has 6 heteroatoms. The molecule has 1 aliphatic rings.